The van der Waals surface area contributed by atoms with Gasteiger partial charge in [-0.1, -0.05) is 95.9 Å². The number of hydrogen-bond donors (Lipinski definition) is 2. The molecule has 43 heavy (non-hydrogen) atoms. The molecule has 240 valence electrons. The summed E-state index contributed by atoms with van der Waals surface area (Å²) >= 11 is 0. The predicted octanol–water partition coefficient (Wildman–Crippen LogP) is 9.58. The van der Waals surface area contributed by atoms with Gasteiger partial charge in [0.1, 0.15) is 11.5 Å². The number of aromatic hydroxyl groups is 2. The molecule has 0 bridgehead atoms. The van der Waals surface area contributed by atoms with Gasteiger partial charge in [-0.05, 0) is 113 Å². The van der Waals surface area contributed by atoms with Gasteiger partial charge in [0, 0.05) is 23.9 Å². The summed E-state index contributed by atoms with van der Waals surface area (Å²) in [4.78, 5) is 5.44. The van der Waals surface area contributed by atoms with Crippen LogP contribution in [0.4, 0.5) is 0 Å². The van der Waals surface area contributed by atoms with Crippen molar-refractivity contribution >= 4 is 0 Å². The molecule has 2 saturated heterocycles. The van der Waals surface area contributed by atoms with Gasteiger partial charge in [-0.25, -0.2) is 0 Å². The van der Waals surface area contributed by atoms with E-state index in [-0.39, 0.29) is 10.8 Å². The zero-order valence-corrected chi connectivity index (χ0v) is 27.7. The van der Waals surface area contributed by atoms with Crippen LogP contribution in [0.5, 0.6) is 11.5 Å². The van der Waals surface area contributed by atoms with Crippen molar-refractivity contribution in [2.75, 3.05) is 39.3 Å². The summed E-state index contributed by atoms with van der Waals surface area (Å²) in [6.07, 6.45) is 22.2. The maximum absolute atomic E-state index is 10.1. The molecule has 4 nitrogen and oxygen atoms in total. The second-order valence-corrected chi connectivity index (χ2v) is 14.0. The fourth-order valence-corrected chi connectivity index (χ4v) is 8.19. The zero-order valence-electron chi connectivity index (χ0n) is 27.7. The molecule has 2 aliphatic rings. The number of unbranched alkanes of at least 4 members (excludes halogenated alkanes) is 8. The molecule has 2 atom stereocenters. The molecule has 2 aromatic carbocycles. The lowest BCUT2D eigenvalue weighted by atomic mass is 9.74. The smallest absolute Gasteiger partial charge is 0.115 e. The van der Waals surface area contributed by atoms with E-state index >= 15 is 0 Å². The lowest BCUT2D eigenvalue weighted by Gasteiger charge is -2.36. The summed E-state index contributed by atoms with van der Waals surface area (Å²) in [5.41, 5.74) is 3.03. The number of phenols is 2. The molecule has 2 N–H and O–H groups in total. The van der Waals surface area contributed by atoms with Crippen molar-refractivity contribution < 1.29 is 10.2 Å². The van der Waals surface area contributed by atoms with E-state index in [9.17, 15) is 10.2 Å². The minimum Gasteiger partial charge on any atom is -0.508 e. The molecule has 0 aliphatic carbocycles. The Kier molecular flexibility index (Phi) is 13.7. The Labute approximate surface area is 263 Å². The maximum Gasteiger partial charge on any atom is 0.115 e. The van der Waals surface area contributed by atoms with E-state index in [4.69, 9.17) is 0 Å². The van der Waals surface area contributed by atoms with Crippen LogP contribution < -0.4 is 0 Å². The van der Waals surface area contributed by atoms with Crippen LogP contribution in [0.25, 0.3) is 0 Å². The fourth-order valence-electron chi connectivity index (χ4n) is 8.19. The van der Waals surface area contributed by atoms with Gasteiger partial charge >= 0.3 is 0 Å². The first-order valence-corrected chi connectivity index (χ1v) is 18.0. The van der Waals surface area contributed by atoms with Gasteiger partial charge in [-0.15, -0.1) is 0 Å². The predicted molar refractivity (Wildman–Crippen MR) is 182 cm³/mol. The average Bonchev–Trinajstić information content (AvgIpc) is 3.37. The van der Waals surface area contributed by atoms with Crippen LogP contribution >= 0.6 is 0 Å². The molecule has 2 fully saturated rings. The van der Waals surface area contributed by atoms with Gasteiger partial charge in [-0.2, -0.15) is 0 Å². The molecule has 4 rings (SSSR count). The van der Waals surface area contributed by atoms with Gasteiger partial charge < -0.3 is 20.0 Å². The van der Waals surface area contributed by atoms with Crippen molar-refractivity contribution in [3.05, 3.63) is 59.7 Å². The monoisotopic (exact) mass is 590 g/mol. The molecule has 4 heteroatoms. The molecule has 0 unspecified atom stereocenters. The van der Waals surface area contributed by atoms with Crippen LogP contribution in [-0.2, 0) is 10.8 Å². The van der Waals surface area contributed by atoms with Crippen LogP contribution in [-0.4, -0.2) is 59.3 Å². The lowest BCUT2D eigenvalue weighted by Crippen LogP contribution is -2.39. The van der Waals surface area contributed by atoms with Gasteiger partial charge in [0.05, 0.1) is 0 Å². The van der Waals surface area contributed by atoms with Crippen LogP contribution in [0, 0.1) is 0 Å². The third kappa shape index (κ3) is 9.98. The Morgan fingerprint density at radius 2 is 0.953 bits per heavy atom. The number of phenolic OH excluding ortho intramolecular Hbond substituents is 2. The van der Waals surface area contributed by atoms with Gasteiger partial charge in [-0.3, -0.25) is 0 Å². The van der Waals surface area contributed by atoms with E-state index in [1.807, 2.05) is 24.3 Å². The Morgan fingerprint density at radius 3 is 1.33 bits per heavy atom. The lowest BCUT2D eigenvalue weighted by molar-refractivity contribution is 0.213. The highest BCUT2D eigenvalue weighted by atomic mass is 16.3. The highest BCUT2D eigenvalue weighted by Crippen LogP contribution is 2.39. The first kappa shape index (κ1) is 33.8. The Hall–Kier alpha value is -2.04. The Bertz CT molecular complexity index is 989. The third-order valence-corrected chi connectivity index (χ3v) is 11.0. The van der Waals surface area contributed by atoms with Crippen molar-refractivity contribution in [3.63, 3.8) is 0 Å². The minimum absolute atomic E-state index is 0.188. The topological polar surface area (TPSA) is 46.9 Å². The van der Waals surface area contributed by atoms with Crippen molar-refractivity contribution in [2.45, 2.75) is 134 Å². The Balaban J connectivity index is 1.07. The summed E-state index contributed by atoms with van der Waals surface area (Å²) < 4.78 is 0. The van der Waals surface area contributed by atoms with Crippen molar-refractivity contribution in [1.29, 1.82) is 0 Å². The number of benzene rings is 2. The van der Waals surface area contributed by atoms with E-state index in [0.29, 0.717) is 11.5 Å². The molecule has 2 aliphatic heterocycles. The molecule has 0 amide bonds. The number of rotatable bonds is 16. The summed E-state index contributed by atoms with van der Waals surface area (Å²) in [7, 11) is 0. The highest BCUT2D eigenvalue weighted by Gasteiger charge is 2.35. The molecule has 0 spiro atoms. The number of hydrogen-bond acceptors (Lipinski definition) is 4. The number of likely N-dealkylation sites (tertiary alicyclic amines) is 2. The molecule has 0 saturated carbocycles. The van der Waals surface area contributed by atoms with Gasteiger partial charge in [0.25, 0.3) is 0 Å². The molecular weight excluding hydrogens is 528 g/mol. The van der Waals surface area contributed by atoms with E-state index in [1.54, 1.807) is 12.1 Å². The summed E-state index contributed by atoms with van der Waals surface area (Å²) in [5.74, 6) is 0.811. The summed E-state index contributed by atoms with van der Waals surface area (Å²) in [6.45, 7) is 11.8. The van der Waals surface area contributed by atoms with E-state index in [2.05, 4.69) is 35.8 Å². The van der Waals surface area contributed by atoms with Crippen molar-refractivity contribution in [1.82, 2.24) is 9.80 Å². The zero-order chi connectivity index (χ0) is 30.4. The van der Waals surface area contributed by atoms with Crippen molar-refractivity contribution in [3.8, 4) is 11.5 Å². The van der Waals surface area contributed by atoms with Crippen LogP contribution in [0.15, 0.2) is 48.5 Å². The van der Waals surface area contributed by atoms with E-state index < -0.39 is 0 Å². The average molecular weight is 591 g/mol. The minimum atomic E-state index is 0.188. The number of nitrogens with zero attached hydrogens (tertiary/aromatic N) is 2. The maximum atomic E-state index is 10.1. The van der Waals surface area contributed by atoms with Crippen LogP contribution in [0.3, 0.4) is 0 Å². The molecule has 2 heterocycles. The largest absolute Gasteiger partial charge is 0.508 e. The van der Waals surface area contributed by atoms with Gasteiger partial charge in [0.15, 0.2) is 0 Å². The second kappa shape index (κ2) is 17.4. The van der Waals surface area contributed by atoms with E-state index in [0.717, 1.165) is 25.9 Å². The molecule has 2 aromatic rings. The molecular formula is C39H62N2O2. The molecule has 0 aromatic heterocycles. The normalized spacial score (nSPS) is 24.0. The van der Waals surface area contributed by atoms with Crippen molar-refractivity contribution in [2.24, 2.45) is 0 Å². The highest BCUT2D eigenvalue weighted by molar-refractivity contribution is 5.34. The fraction of sp³-hybridized carbons (Fsp3) is 0.692. The van der Waals surface area contributed by atoms with Gasteiger partial charge in [0.2, 0.25) is 0 Å². The SMILES string of the molecule is CC[C@@]1(c2cccc(O)c2)CCCCN(CCCCCCCCCCCN2CCCC[C@@](CC)(c3cccc(O)c3)C2)C1. The van der Waals surface area contributed by atoms with E-state index in [1.165, 1.54) is 134 Å². The van der Waals surface area contributed by atoms with Crippen LogP contribution in [0.1, 0.15) is 134 Å². The van der Waals surface area contributed by atoms with Crippen LogP contribution in [0.2, 0.25) is 0 Å². The third-order valence-electron chi connectivity index (χ3n) is 11.0. The quantitative estimate of drug-likeness (QED) is 0.191. The molecule has 0 radical (unpaired) electrons. The summed E-state index contributed by atoms with van der Waals surface area (Å²) in [6, 6.07) is 16.1. The first-order chi connectivity index (χ1) is 21.0. The summed E-state index contributed by atoms with van der Waals surface area (Å²) in [5, 5.41) is 20.2. The first-order valence-electron chi connectivity index (χ1n) is 18.0. The second-order valence-electron chi connectivity index (χ2n) is 14.0. The Morgan fingerprint density at radius 1 is 0.558 bits per heavy atom. The standard InChI is InChI=1S/C39H62N2O2/c1-3-38(34-20-18-22-36(42)30-34)24-12-16-28-40(32-38)26-14-10-8-6-5-7-9-11-15-27-41-29-17-13-25-39(4-2,33-41)35-21-19-23-37(43)31-35/h18-23,30-31,42-43H,3-17,24-29,32-33H2,1-2H3/t38-,39-/m1/s1.